The maximum atomic E-state index is 12.5. The van der Waals surface area contributed by atoms with Crippen LogP contribution in [0.5, 0.6) is 0 Å². The van der Waals surface area contributed by atoms with Crippen LogP contribution in [0.1, 0.15) is 42.5 Å². The average molecular weight is 331 g/mol. The molecule has 1 saturated heterocycles. The lowest BCUT2D eigenvalue weighted by Crippen LogP contribution is -2.36. The third-order valence-electron chi connectivity index (χ3n) is 4.58. The molecular weight excluding hydrogens is 306 g/mol. The van der Waals surface area contributed by atoms with Gasteiger partial charge in [-0.15, -0.1) is 0 Å². The highest BCUT2D eigenvalue weighted by Gasteiger charge is 2.24. The van der Waals surface area contributed by atoms with Gasteiger partial charge in [0.25, 0.3) is 5.91 Å². The van der Waals surface area contributed by atoms with Gasteiger partial charge in [-0.25, -0.2) is 4.79 Å². The molecule has 0 spiro atoms. The van der Waals surface area contributed by atoms with E-state index < -0.39 is 0 Å². The SMILES string of the molecule is COC1CCCN(C(=O)Nc2cccc(C(=O)NC3CC3)c2)CC1. The van der Waals surface area contributed by atoms with Gasteiger partial charge in [-0.2, -0.15) is 0 Å². The van der Waals surface area contributed by atoms with Crippen molar-refractivity contribution < 1.29 is 14.3 Å². The summed E-state index contributed by atoms with van der Waals surface area (Å²) in [5.74, 6) is -0.0775. The number of methoxy groups -OCH3 is 1. The number of likely N-dealkylation sites (tertiary alicyclic amines) is 1. The van der Waals surface area contributed by atoms with Crippen molar-refractivity contribution in [2.24, 2.45) is 0 Å². The zero-order valence-electron chi connectivity index (χ0n) is 14.1. The number of nitrogens with zero attached hydrogens (tertiary/aromatic N) is 1. The quantitative estimate of drug-likeness (QED) is 0.891. The molecule has 130 valence electrons. The second-order valence-corrected chi connectivity index (χ2v) is 6.53. The van der Waals surface area contributed by atoms with Crippen molar-refractivity contribution in [1.82, 2.24) is 10.2 Å². The maximum Gasteiger partial charge on any atom is 0.321 e. The van der Waals surface area contributed by atoms with E-state index in [1.165, 1.54) is 0 Å². The zero-order valence-corrected chi connectivity index (χ0v) is 14.1. The number of anilines is 1. The summed E-state index contributed by atoms with van der Waals surface area (Å²) in [7, 11) is 1.72. The van der Waals surface area contributed by atoms with Crippen LogP contribution in [0.25, 0.3) is 0 Å². The van der Waals surface area contributed by atoms with Crippen molar-refractivity contribution in [1.29, 1.82) is 0 Å². The molecule has 1 aliphatic heterocycles. The number of carbonyl (C=O) groups excluding carboxylic acids is 2. The van der Waals surface area contributed by atoms with Gasteiger partial charge in [0.15, 0.2) is 0 Å². The number of urea groups is 1. The second kappa shape index (κ2) is 7.66. The molecule has 1 aromatic rings. The summed E-state index contributed by atoms with van der Waals surface area (Å²) in [5, 5.41) is 5.86. The molecule has 1 saturated carbocycles. The third kappa shape index (κ3) is 4.47. The molecule has 1 atom stereocenters. The molecular formula is C18H25N3O3. The topological polar surface area (TPSA) is 70.7 Å². The Morgan fingerprint density at radius 2 is 2.00 bits per heavy atom. The lowest BCUT2D eigenvalue weighted by Gasteiger charge is -2.21. The number of amides is 3. The van der Waals surface area contributed by atoms with Crippen LogP contribution < -0.4 is 10.6 Å². The Balaban J connectivity index is 1.58. The van der Waals surface area contributed by atoms with Gasteiger partial charge in [-0.1, -0.05) is 6.07 Å². The first-order valence-corrected chi connectivity index (χ1v) is 8.65. The van der Waals surface area contributed by atoms with Crippen molar-refractivity contribution >= 4 is 17.6 Å². The molecule has 3 rings (SSSR count). The number of ether oxygens (including phenoxy) is 1. The first-order valence-electron chi connectivity index (χ1n) is 8.65. The standard InChI is InChI=1S/C18H25N3O3/c1-24-16-6-3-10-21(11-9-16)18(23)20-15-5-2-4-13(12-15)17(22)19-14-7-8-14/h2,4-5,12,14,16H,3,6-11H2,1H3,(H,19,22)(H,20,23). The van der Waals surface area contributed by atoms with Gasteiger partial charge in [-0.05, 0) is 50.3 Å². The predicted molar refractivity (Wildman–Crippen MR) is 92.2 cm³/mol. The van der Waals surface area contributed by atoms with Crippen LogP contribution >= 0.6 is 0 Å². The molecule has 2 N–H and O–H groups in total. The molecule has 3 amide bonds. The summed E-state index contributed by atoms with van der Waals surface area (Å²) < 4.78 is 5.39. The van der Waals surface area contributed by atoms with Gasteiger partial charge in [0.05, 0.1) is 6.10 Å². The van der Waals surface area contributed by atoms with E-state index in [2.05, 4.69) is 10.6 Å². The van der Waals surface area contributed by atoms with Crippen molar-refractivity contribution in [3.05, 3.63) is 29.8 Å². The van der Waals surface area contributed by atoms with Gasteiger partial charge < -0.3 is 20.3 Å². The van der Waals surface area contributed by atoms with E-state index in [1.807, 2.05) is 11.0 Å². The number of nitrogens with one attached hydrogen (secondary N) is 2. The Morgan fingerprint density at radius 1 is 1.17 bits per heavy atom. The largest absolute Gasteiger partial charge is 0.381 e. The Morgan fingerprint density at radius 3 is 2.75 bits per heavy atom. The minimum Gasteiger partial charge on any atom is -0.381 e. The monoisotopic (exact) mass is 331 g/mol. The molecule has 24 heavy (non-hydrogen) atoms. The van der Waals surface area contributed by atoms with E-state index in [-0.39, 0.29) is 18.0 Å². The fraction of sp³-hybridized carbons (Fsp3) is 0.556. The van der Waals surface area contributed by atoms with Gasteiger partial charge in [-0.3, -0.25) is 4.79 Å². The van der Waals surface area contributed by atoms with Crippen LogP contribution in [0, 0.1) is 0 Å². The fourth-order valence-electron chi connectivity index (χ4n) is 2.94. The number of benzene rings is 1. The lowest BCUT2D eigenvalue weighted by atomic mass is 10.2. The average Bonchev–Trinajstić information content (AvgIpc) is 3.41. The minimum absolute atomic E-state index is 0.0775. The van der Waals surface area contributed by atoms with Crippen molar-refractivity contribution in [2.45, 2.75) is 44.2 Å². The molecule has 1 heterocycles. The number of hydrogen-bond donors (Lipinski definition) is 2. The van der Waals surface area contributed by atoms with E-state index in [1.54, 1.807) is 25.3 Å². The molecule has 2 fully saturated rings. The molecule has 0 aromatic heterocycles. The summed E-state index contributed by atoms with van der Waals surface area (Å²) in [6, 6.07) is 7.30. The van der Waals surface area contributed by atoms with E-state index >= 15 is 0 Å². The molecule has 0 radical (unpaired) electrons. The van der Waals surface area contributed by atoms with Crippen LogP contribution in [0.2, 0.25) is 0 Å². The Hall–Kier alpha value is -2.08. The normalized spacial score (nSPS) is 21.0. The first kappa shape index (κ1) is 16.8. The third-order valence-corrected chi connectivity index (χ3v) is 4.58. The van der Waals surface area contributed by atoms with E-state index in [0.717, 1.165) is 38.6 Å². The van der Waals surface area contributed by atoms with Crippen LogP contribution in [-0.4, -0.2) is 49.2 Å². The Kier molecular flexibility index (Phi) is 5.35. The fourth-order valence-corrected chi connectivity index (χ4v) is 2.94. The smallest absolute Gasteiger partial charge is 0.321 e. The molecule has 1 aromatic carbocycles. The van der Waals surface area contributed by atoms with Gasteiger partial charge in [0.2, 0.25) is 0 Å². The predicted octanol–water partition coefficient (Wildman–Crippen LogP) is 2.61. The molecule has 1 unspecified atom stereocenters. The molecule has 0 bridgehead atoms. The van der Waals surface area contributed by atoms with Crippen LogP contribution in [0.3, 0.4) is 0 Å². The van der Waals surface area contributed by atoms with Crippen molar-refractivity contribution in [3.8, 4) is 0 Å². The minimum atomic E-state index is -0.119. The summed E-state index contributed by atoms with van der Waals surface area (Å²) >= 11 is 0. The molecule has 6 nitrogen and oxygen atoms in total. The highest BCUT2D eigenvalue weighted by atomic mass is 16.5. The maximum absolute atomic E-state index is 12.5. The van der Waals surface area contributed by atoms with E-state index in [4.69, 9.17) is 4.74 Å². The highest BCUT2D eigenvalue weighted by Crippen LogP contribution is 2.20. The van der Waals surface area contributed by atoms with Crippen molar-refractivity contribution in [2.75, 3.05) is 25.5 Å². The molecule has 2 aliphatic rings. The summed E-state index contributed by atoms with van der Waals surface area (Å²) in [4.78, 5) is 26.4. The molecule has 6 heteroatoms. The summed E-state index contributed by atoms with van der Waals surface area (Å²) in [6.07, 6.45) is 5.12. The van der Waals surface area contributed by atoms with Crippen LogP contribution in [-0.2, 0) is 4.74 Å². The Labute approximate surface area is 142 Å². The second-order valence-electron chi connectivity index (χ2n) is 6.53. The van der Waals surface area contributed by atoms with Gasteiger partial charge in [0, 0.05) is 37.5 Å². The molecule has 1 aliphatic carbocycles. The highest BCUT2D eigenvalue weighted by molar-refractivity contribution is 5.97. The van der Waals surface area contributed by atoms with E-state index in [9.17, 15) is 9.59 Å². The zero-order chi connectivity index (χ0) is 16.9. The van der Waals surface area contributed by atoms with Crippen LogP contribution in [0.4, 0.5) is 10.5 Å². The summed E-state index contributed by atoms with van der Waals surface area (Å²) in [5.41, 5.74) is 1.23. The van der Waals surface area contributed by atoms with Gasteiger partial charge in [0.1, 0.15) is 0 Å². The van der Waals surface area contributed by atoms with Gasteiger partial charge >= 0.3 is 6.03 Å². The lowest BCUT2D eigenvalue weighted by molar-refractivity contribution is 0.0908. The number of carbonyl (C=O) groups is 2. The summed E-state index contributed by atoms with van der Waals surface area (Å²) in [6.45, 7) is 1.42. The van der Waals surface area contributed by atoms with Crippen molar-refractivity contribution in [3.63, 3.8) is 0 Å². The number of hydrogen-bond acceptors (Lipinski definition) is 3. The number of rotatable bonds is 4. The first-order chi connectivity index (χ1) is 11.7. The van der Waals surface area contributed by atoms with Crippen LogP contribution in [0.15, 0.2) is 24.3 Å². The Bertz CT molecular complexity index is 601. The van der Waals surface area contributed by atoms with E-state index in [0.29, 0.717) is 23.8 Å².